The van der Waals surface area contributed by atoms with E-state index in [4.69, 9.17) is 4.74 Å². The molecule has 0 aliphatic heterocycles. The number of thiazole rings is 1. The smallest absolute Gasteiger partial charge is 0.254 e. The van der Waals surface area contributed by atoms with Gasteiger partial charge in [-0.1, -0.05) is 23.9 Å². The summed E-state index contributed by atoms with van der Waals surface area (Å²) in [6.07, 6.45) is 2.33. The molecule has 0 saturated carbocycles. The van der Waals surface area contributed by atoms with Crippen molar-refractivity contribution in [3.05, 3.63) is 62.5 Å². The molecular formula is C19H20N4O3S2. The number of carbonyl (C=O) groups is 1. The highest BCUT2D eigenvalue weighted by atomic mass is 32.2. The Balaban J connectivity index is 1.62. The van der Waals surface area contributed by atoms with Crippen molar-refractivity contribution >= 4 is 34.7 Å². The molecule has 0 fully saturated rings. The Labute approximate surface area is 170 Å². The third-order valence-electron chi connectivity index (χ3n) is 4.02. The maximum Gasteiger partial charge on any atom is 0.254 e. The normalized spacial score (nSPS) is 10.6. The van der Waals surface area contributed by atoms with Crippen LogP contribution in [0.25, 0.3) is 0 Å². The highest BCUT2D eigenvalue weighted by Gasteiger charge is 2.12. The van der Waals surface area contributed by atoms with E-state index in [2.05, 4.69) is 20.3 Å². The van der Waals surface area contributed by atoms with Crippen molar-refractivity contribution in [2.24, 2.45) is 0 Å². The number of aromatic amines is 1. The van der Waals surface area contributed by atoms with E-state index in [0.717, 1.165) is 5.69 Å². The number of aryl methyl sites for hydroxylation is 1. The lowest BCUT2D eigenvalue weighted by molar-refractivity contribution is -0.116. The van der Waals surface area contributed by atoms with Crippen molar-refractivity contribution in [1.29, 1.82) is 0 Å². The van der Waals surface area contributed by atoms with Crippen LogP contribution in [0.15, 0.2) is 45.1 Å². The number of para-hydroxylation sites is 2. The van der Waals surface area contributed by atoms with Gasteiger partial charge in [-0.2, -0.15) is 0 Å². The average Bonchev–Trinajstić information content (AvgIpc) is 3.20. The summed E-state index contributed by atoms with van der Waals surface area (Å²) < 4.78 is 5.77. The van der Waals surface area contributed by atoms with Crippen LogP contribution in [0.2, 0.25) is 0 Å². The molecule has 0 aliphatic rings. The number of amides is 1. The summed E-state index contributed by atoms with van der Waals surface area (Å²) in [7, 11) is 0. The van der Waals surface area contributed by atoms with Gasteiger partial charge in [0.05, 0.1) is 16.9 Å². The molecule has 0 atom stereocenters. The number of thioether (sulfide) groups is 1. The average molecular weight is 417 g/mol. The van der Waals surface area contributed by atoms with Crippen LogP contribution < -0.4 is 15.6 Å². The molecule has 0 aliphatic carbocycles. The summed E-state index contributed by atoms with van der Waals surface area (Å²) in [6.45, 7) is 2.11. The first-order valence-corrected chi connectivity index (χ1v) is 10.8. The second kappa shape index (κ2) is 9.52. The van der Waals surface area contributed by atoms with E-state index in [0.29, 0.717) is 40.9 Å². The summed E-state index contributed by atoms with van der Waals surface area (Å²) in [4.78, 5) is 35.8. The van der Waals surface area contributed by atoms with E-state index in [9.17, 15) is 9.59 Å². The van der Waals surface area contributed by atoms with Crippen LogP contribution >= 0.6 is 23.1 Å². The largest absolute Gasteiger partial charge is 0.485 e. The van der Waals surface area contributed by atoms with Gasteiger partial charge >= 0.3 is 0 Å². The third-order valence-corrected chi connectivity index (χ3v) is 5.23. The lowest BCUT2D eigenvalue weighted by atomic mass is 10.1. The zero-order chi connectivity index (χ0) is 19.9. The van der Waals surface area contributed by atoms with Crippen LogP contribution in [-0.2, 0) is 17.8 Å². The molecule has 2 heterocycles. The number of anilines is 1. The molecule has 146 valence electrons. The van der Waals surface area contributed by atoms with Crippen LogP contribution in [0.1, 0.15) is 23.4 Å². The van der Waals surface area contributed by atoms with Crippen molar-refractivity contribution in [3.63, 3.8) is 0 Å². The zero-order valence-corrected chi connectivity index (χ0v) is 17.2. The number of ether oxygens (including phenoxy) is 1. The Morgan fingerprint density at radius 1 is 1.36 bits per heavy atom. The first-order chi connectivity index (χ1) is 13.6. The predicted molar refractivity (Wildman–Crippen MR) is 111 cm³/mol. The molecule has 0 radical (unpaired) electrons. The fourth-order valence-corrected chi connectivity index (χ4v) is 3.55. The standard InChI is InChI=1S/C19H20N4O3S2/c1-12-14(18(25)23-19(21-12)27-2)7-8-17(24)22-15-5-3-4-6-16(15)26-9-13-10-28-11-20-13/h3-6,10-11H,7-9H2,1-2H3,(H,22,24)(H,21,23,25). The number of nitrogens with one attached hydrogen (secondary N) is 2. The molecule has 3 aromatic rings. The van der Waals surface area contributed by atoms with Gasteiger partial charge in [0.25, 0.3) is 5.56 Å². The molecular weight excluding hydrogens is 396 g/mol. The third kappa shape index (κ3) is 5.20. The number of rotatable bonds is 8. The summed E-state index contributed by atoms with van der Waals surface area (Å²) in [6, 6.07) is 7.24. The summed E-state index contributed by atoms with van der Waals surface area (Å²) in [5.74, 6) is 0.376. The number of carbonyl (C=O) groups excluding carboxylic acids is 1. The number of hydrogen-bond donors (Lipinski definition) is 2. The molecule has 0 spiro atoms. The SMILES string of the molecule is CSc1nc(C)c(CCC(=O)Nc2ccccc2OCc2cscn2)c(=O)[nH]1. The Bertz CT molecular complexity index is 1000. The predicted octanol–water partition coefficient (Wildman–Crippen LogP) is 3.41. The Hall–Kier alpha value is -2.65. The monoisotopic (exact) mass is 416 g/mol. The Kier molecular flexibility index (Phi) is 6.83. The lowest BCUT2D eigenvalue weighted by Crippen LogP contribution is -2.20. The quantitative estimate of drug-likeness (QED) is 0.431. The van der Waals surface area contributed by atoms with Crippen molar-refractivity contribution < 1.29 is 9.53 Å². The van der Waals surface area contributed by atoms with Gasteiger partial charge in [-0.15, -0.1) is 11.3 Å². The second-order valence-electron chi connectivity index (χ2n) is 5.95. The van der Waals surface area contributed by atoms with Gasteiger partial charge in [0.1, 0.15) is 12.4 Å². The lowest BCUT2D eigenvalue weighted by Gasteiger charge is -2.12. The minimum Gasteiger partial charge on any atom is -0.485 e. The second-order valence-corrected chi connectivity index (χ2v) is 7.47. The number of benzene rings is 1. The van der Waals surface area contributed by atoms with Crippen LogP contribution in [0.3, 0.4) is 0 Å². The molecule has 9 heteroatoms. The molecule has 1 amide bonds. The summed E-state index contributed by atoms with van der Waals surface area (Å²) >= 11 is 2.88. The molecule has 0 saturated heterocycles. The van der Waals surface area contributed by atoms with Crippen molar-refractivity contribution in [2.45, 2.75) is 31.5 Å². The van der Waals surface area contributed by atoms with E-state index in [-0.39, 0.29) is 17.9 Å². The van der Waals surface area contributed by atoms with Gasteiger partial charge in [-0.25, -0.2) is 9.97 Å². The highest BCUT2D eigenvalue weighted by molar-refractivity contribution is 7.98. The van der Waals surface area contributed by atoms with E-state index in [1.54, 1.807) is 24.6 Å². The van der Waals surface area contributed by atoms with Gasteiger partial charge in [-0.05, 0) is 31.7 Å². The van der Waals surface area contributed by atoms with E-state index < -0.39 is 0 Å². The van der Waals surface area contributed by atoms with E-state index in [1.807, 2.05) is 23.8 Å². The zero-order valence-electron chi connectivity index (χ0n) is 15.5. The molecule has 0 unspecified atom stereocenters. The maximum atomic E-state index is 12.4. The van der Waals surface area contributed by atoms with Gasteiger partial charge < -0.3 is 15.0 Å². The first-order valence-electron chi connectivity index (χ1n) is 8.59. The summed E-state index contributed by atoms with van der Waals surface area (Å²) in [5.41, 5.74) is 4.15. The topological polar surface area (TPSA) is 97.0 Å². The van der Waals surface area contributed by atoms with Crippen LogP contribution in [0.4, 0.5) is 5.69 Å². The van der Waals surface area contributed by atoms with E-state index >= 15 is 0 Å². The van der Waals surface area contributed by atoms with Gasteiger partial charge in [0.15, 0.2) is 5.16 Å². The van der Waals surface area contributed by atoms with E-state index in [1.165, 1.54) is 23.1 Å². The first kappa shape index (κ1) is 20.1. The van der Waals surface area contributed by atoms with Crippen LogP contribution in [0, 0.1) is 6.92 Å². The summed E-state index contributed by atoms with van der Waals surface area (Å²) in [5, 5.41) is 5.34. The maximum absolute atomic E-state index is 12.4. The molecule has 2 N–H and O–H groups in total. The fourth-order valence-electron chi connectivity index (χ4n) is 2.58. The number of nitrogens with zero attached hydrogens (tertiary/aromatic N) is 2. The minimum atomic E-state index is -0.198. The van der Waals surface area contributed by atoms with Gasteiger partial charge in [0, 0.05) is 23.1 Å². The van der Waals surface area contributed by atoms with Gasteiger partial charge in [0.2, 0.25) is 5.91 Å². The molecule has 1 aromatic carbocycles. The van der Waals surface area contributed by atoms with Crippen LogP contribution in [0.5, 0.6) is 5.75 Å². The molecule has 7 nitrogen and oxygen atoms in total. The molecule has 28 heavy (non-hydrogen) atoms. The van der Waals surface area contributed by atoms with Crippen molar-refractivity contribution in [3.8, 4) is 5.75 Å². The van der Waals surface area contributed by atoms with Crippen molar-refractivity contribution in [1.82, 2.24) is 15.0 Å². The minimum absolute atomic E-state index is 0.171. The fraction of sp³-hybridized carbons (Fsp3) is 0.263. The molecule has 0 bridgehead atoms. The van der Waals surface area contributed by atoms with Crippen molar-refractivity contribution in [2.75, 3.05) is 11.6 Å². The molecule has 3 rings (SSSR count). The number of aromatic nitrogens is 3. The number of H-pyrrole nitrogens is 1. The highest BCUT2D eigenvalue weighted by Crippen LogP contribution is 2.25. The Morgan fingerprint density at radius 2 is 2.18 bits per heavy atom. The molecule has 2 aromatic heterocycles. The van der Waals surface area contributed by atoms with Crippen LogP contribution in [-0.4, -0.2) is 27.1 Å². The van der Waals surface area contributed by atoms with Gasteiger partial charge in [-0.3, -0.25) is 9.59 Å². The Morgan fingerprint density at radius 3 is 2.89 bits per heavy atom. The number of hydrogen-bond acceptors (Lipinski definition) is 7.